The van der Waals surface area contributed by atoms with Crippen molar-refractivity contribution in [3.8, 4) is 11.8 Å². The average Bonchev–Trinajstić information content (AvgIpc) is 2.49. The second-order valence-electron chi connectivity index (χ2n) is 5.03. The van der Waals surface area contributed by atoms with Gasteiger partial charge in [-0.3, -0.25) is 4.79 Å². The van der Waals surface area contributed by atoms with Crippen LogP contribution in [0.5, 0.6) is 5.75 Å². The number of hydrogen-bond acceptors (Lipinski definition) is 4. The molecule has 1 rings (SSSR count). The standard InChI is InChI=1S/C16H18Br2N2O3/c1-10(2)23-5-3-4-20-16(22)12(9-19)6-11-7-13(17)15(21)14(18)8-11/h6-8,10,21H,3-5H2,1-2H3,(H,20,22)/b12-6+. The van der Waals surface area contributed by atoms with Crippen LogP contribution in [0.25, 0.3) is 6.08 Å². The molecular formula is C16H18Br2N2O3. The Morgan fingerprint density at radius 1 is 1.43 bits per heavy atom. The fourth-order valence-corrected chi connectivity index (χ4v) is 2.89. The number of nitriles is 1. The van der Waals surface area contributed by atoms with Crippen LogP contribution in [0, 0.1) is 11.3 Å². The van der Waals surface area contributed by atoms with Gasteiger partial charge < -0.3 is 15.2 Å². The van der Waals surface area contributed by atoms with Gasteiger partial charge in [0.15, 0.2) is 0 Å². The maximum atomic E-state index is 12.0. The topological polar surface area (TPSA) is 82.3 Å². The SMILES string of the molecule is CC(C)OCCCNC(=O)/C(C#N)=C/c1cc(Br)c(O)c(Br)c1. The molecule has 2 N–H and O–H groups in total. The minimum atomic E-state index is -0.433. The summed E-state index contributed by atoms with van der Waals surface area (Å²) in [5.74, 6) is -0.368. The molecule has 23 heavy (non-hydrogen) atoms. The number of carbonyl (C=O) groups is 1. The van der Waals surface area contributed by atoms with E-state index < -0.39 is 5.91 Å². The predicted molar refractivity (Wildman–Crippen MR) is 95.8 cm³/mol. The van der Waals surface area contributed by atoms with Crippen molar-refractivity contribution in [1.82, 2.24) is 5.32 Å². The van der Waals surface area contributed by atoms with Gasteiger partial charge in [-0.15, -0.1) is 0 Å². The molecule has 0 aliphatic heterocycles. The van der Waals surface area contributed by atoms with Gasteiger partial charge in [0, 0.05) is 13.2 Å². The highest BCUT2D eigenvalue weighted by Gasteiger charge is 2.10. The van der Waals surface area contributed by atoms with Crippen LogP contribution in [-0.2, 0) is 9.53 Å². The molecule has 0 bridgehead atoms. The third-order valence-corrected chi connectivity index (χ3v) is 3.98. The van der Waals surface area contributed by atoms with Gasteiger partial charge in [-0.05, 0) is 75.9 Å². The third-order valence-electron chi connectivity index (χ3n) is 2.77. The van der Waals surface area contributed by atoms with Gasteiger partial charge >= 0.3 is 0 Å². The molecule has 0 heterocycles. The summed E-state index contributed by atoms with van der Waals surface area (Å²) in [5.41, 5.74) is 0.621. The average molecular weight is 446 g/mol. The smallest absolute Gasteiger partial charge is 0.261 e. The molecule has 1 amide bonds. The third kappa shape index (κ3) is 6.73. The summed E-state index contributed by atoms with van der Waals surface area (Å²) in [4.78, 5) is 12.0. The van der Waals surface area contributed by atoms with Gasteiger partial charge in [-0.25, -0.2) is 0 Å². The largest absolute Gasteiger partial charge is 0.506 e. The summed E-state index contributed by atoms with van der Waals surface area (Å²) in [6, 6.07) is 5.14. The van der Waals surface area contributed by atoms with E-state index in [1.165, 1.54) is 6.08 Å². The first-order valence-electron chi connectivity index (χ1n) is 7.04. The zero-order valence-corrected chi connectivity index (χ0v) is 16.1. The van der Waals surface area contributed by atoms with Crippen LogP contribution in [-0.4, -0.2) is 30.3 Å². The summed E-state index contributed by atoms with van der Waals surface area (Å²) >= 11 is 6.42. The number of ether oxygens (including phenoxy) is 1. The highest BCUT2D eigenvalue weighted by molar-refractivity contribution is 9.11. The minimum Gasteiger partial charge on any atom is -0.506 e. The van der Waals surface area contributed by atoms with Crippen LogP contribution in [0.3, 0.4) is 0 Å². The molecule has 0 aromatic heterocycles. The first-order valence-corrected chi connectivity index (χ1v) is 8.63. The molecule has 0 fully saturated rings. The minimum absolute atomic E-state index is 0.000678. The summed E-state index contributed by atoms with van der Waals surface area (Å²) in [7, 11) is 0. The number of benzene rings is 1. The van der Waals surface area contributed by atoms with Crippen LogP contribution in [0.1, 0.15) is 25.8 Å². The predicted octanol–water partition coefficient (Wildman–Crippen LogP) is 3.76. The summed E-state index contributed by atoms with van der Waals surface area (Å²) in [6.45, 7) is 4.89. The molecule has 0 unspecified atom stereocenters. The van der Waals surface area contributed by atoms with Crippen molar-refractivity contribution in [3.63, 3.8) is 0 Å². The summed E-state index contributed by atoms with van der Waals surface area (Å²) in [6.07, 6.45) is 2.31. The molecular weight excluding hydrogens is 428 g/mol. The van der Waals surface area contributed by atoms with Crippen molar-refractivity contribution in [2.45, 2.75) is 26.4 Å². The lowest BCUT2D eigenvalue weighted by Crippen LogP contribution is -2.26. The number of halogens is 2. The lowest BCUT2D eigenvalue weighted by molar-refractivity contribution is -0.117. The lowest BCUT2D eigenvalue weighted by atomic mass is 10.1. The Kier molecular flexibility index (Phi) is 8.31. The monoisotopic (exact) mass is 444 g/mol. The Hall–Kier alpha value is -1.36. The van der Waals surface area contributed by atoms with E-state index in [1.54, 1.807) is 12.1 Å². The summed E-state index contributed by atoms with van der Waals surface area (Å²) in [5, 5.41) is 21.5. The van der Waals surface area contributed by atoms with Gasteiger partial charge in [0.1, 0.15) is 17.4 Å². The number of amides is 1. The summed E-state index contributed by atoms with van der Waals surface area (Å²) < 4.78 is 6.33. The fourth-order valence-electron chi connectivity index (χ4n) is 1.67. The molecule has 0 saturated heterocycles. The highest BCUT2D eigenvalue weighted by atomic mass is 79.9. The van der Waals surface area contributed by atoms with Gasteiger partial charge in [0.05, 0.1) is 15.0 Å². The number of carbonyl (C=O) groups excluding carboxylic acids is 1. The number of phenols is 1. The molecule has 0 spiro atoms. The van der Waals surface area contributed by atoms with Crippen molar-refractivity contribution in [3.05, 3.63) is 32.2 Å². The first-order chi connectivity index (χ1) is 10.8. The van der Waals surface area contributed by atoms with E-state index >= 15 is 0 Å². The zero-order valence-electron chi connectivity index (χ0n) is 12.9. The maximum absolute atomic E-state index is 12.0. The Labute approximate surface area is 152 Å². The van der Waals surface area contributed by atoms with E-state index in [1.807, 2.05) is 19.9 Å². The highest BCUT2D eigenvalue weighted by Crippen LogP contribution is 2.33. The van der Waals surface area contributed by atoms with Crippen LogP contribution in [0.4, 0.5) is 0 Å². The van der Waals surface area contributed by atoms with Gasteiger partial charge in [0.2, 0.25) is 0 Å². The molecule has 0 radical (unpaired) electrons. The molecule has 0 saturated carbocycles. The molecule has 7 heteroatoms. The number of hydrogen-bond donors (Lipinski definition) is 2. The molecule has 5 nitrogen and oxygen atoms in total. The van der Waals surface area contributed by atoms with Gasteiger partial charge in [-0.2, -0.15) is 5.26 Å². The molecule has 124 valence electrons. The van der Waals surface area contributed by atoms with E-state index in [9.17, 15) is 9.90 Å². The number of nitrogens with zero attached hydrogens (tertiary/aromatic N) is 1. The lowest BCUT2D eigenvalue weighted by Gasteiger charge is -2.08. The molecule has 1 aromatic rings. The van der Waals surface area contributed by atoms with Crippen molar-refractivity contribution in [1.29, 1.82) is 5.26 Å². The second-order valence-corrected chi connectivity index (χ2v) is 6.74. The van der Waals surface area contributed by atoms with Crippen LogP contribution in [0.15, 0.2) is 26.7 Å². The molecule has 0 aliphatic rings. The Morgan fingerprint density at radius 3 is 2.57 bits per heavy atom. The fraction of sp³-hybridized carbons (Fsp3) is 0.375. The molecule has 0 atom stereocenters. The van der Waals surface area contributed by atoms with Crippen LogP contribution >= 0.6 is 31.9 Å². The number of nitrogens with one attached hydrogen (secondary N) is 1. The molecule has 1 aromatic carbocycles. The van der Waals surface area contributed by atoms with E-state index in [4.69, 9.17) is 10.00 Å². The van der Waals surface area contributed by atoms with Crippen molar-refractivity contribution >= 4 is 43.8 Å². The van der Waals surface area contributed by atoms with E-state index in [0.29, 0.717) is 34.1 Å². The normalized spacial score (nSPS) is 11.4. The van der Waals surface area contributed by atoms with Crippen LogP contribution in [0.2, 0.25) is 0 Å². The number of phenolic OH excluding ortho intramolecular Hbond substituents is 1. The second kappa shape index (κ2) is 9.71. The molecule has 0 aliphatic carbocycles. The van der Waals surface area contributed by atoms with Crippen molar-refractivity contribution in [2.24, 2.45) is 0 Å². The first kappa shape index (κ1) is 19.7. The Balaban J connectivity index is 2.69. The van der Waals surface area contributed by atoms with Crippen molar-refractivity contribution in [2.75, 3.05) is 13.2 Å². The number of aromatic hydroxyl groups is 1. The van der Waals surface area contributed by atoms with Crippen LogP contribution < -0.4 is 5.32 Å². The van der Waals surface area contributed by atoms with Crippen molar-refractivity contribution < 1.29 is 14.6 Å². The quantitative estimate of drug-likeness (QED) is 0.380. The van der Waals surface area contributed by atoms with E-state index in [-0.39, 0.29) is 17.4 Å². The maximum Gasteiger partial charge on any atom is 0.261 e. The Morgan fingerprint density at radius 2 is 2.04 bits per heavy atom. The zero-order chi connectivity index (χ0) is 17.4. The van der Waals surface area contributed by atoms with Gasteiger partial charge in [-0.1, -0.05) is 0 Å². The van der Waals surface area contributed by atoms with E-state index in [0.717, 1.165) is 0 Å². The van der Waals surface area contributed by atoms with Gasteiger partial charge in [0.25, 0.3) is 5.91 Å². The number of rotatable bonds is 7. The Bertz CT molecular complexity index is 614. The van der Waals surface area contributed by atoms with E-state index in [2.05, 4.69) is 37.2 Å².